The Labute approximate surface area is 156 Å². The Balaban J connectivity index is 0.00000264. The van der Waals surface area contributed by atoms with Crippen LogP contribution in [-0.4, -0.2) is 37.7 Å². The summed E-state index contributed by atoms with van der Waals surface area (Å²) in [6, 6.07) is 3.78. The van der Waals surface area contributed by atoms with Crippen LogP contribution in [0, 0.1) is 5.41 Å². The molecule has 0 aromatic carbocycles. The van der Waals surface area contributed by atoms with Crippen LogP contribution < -0.4 is 15.4 Å². The van der Waals surface area contributed by atoms with Crippen molar-refractivity contribution in [2.75, 3.05) is 26.7 Å². The normalized spacial score (nSPS) is 16.5. The van der Waals surface area contributed by atoms with E-state index in [0.717, 1.165) is 18.3 Å². The second kappa shape index (κ2) is 10.7. The Morgan fingerprint density at radius 2 is 2.13 bits per heavy atom. The number of guanidine groups is 1. The van der Waals surface area contributed by atoms with Crippen LogP contribution in [0.3, 0.4) is 0 Å². The molecule has 0 saturated heterocycles. The number of ether oxygens (including phenoxy) is 1. The molecule has 23 heavy (non-hydrogen) atoms. The fourth-order valence-electron chi connectivity index (χ4n) is 3.04. The van der Waals surface area contributed by atoms with Crippen molar-refractivity contribution < 1.29 is 4.74 Å². The van der Waals surface area contributed by atoms with Crippen LogP contribution in [0.1, 0.15) is 39.0 Å². The van der Waals surface area contributed by atoms with Gasteiger partial charge in [0.2, 0.25) is 0 Å². The maximum atomic E-state index is 5.61. The third-order valence-corrected chi connectivity index (χ3v) is 4.57. The zero-order valence-electron chi connectivity index (χ0n) is 14.2. The second-order valence-electron chi connectivity index (χ2n) is 5.95. The van der Waals surface area contributed by atoms with Gasteiger partial charge in [-0.3, -0.25) is 9.98 Å². The molecule has 1 aromatic rings. The van der Waals surface area contributed by atoms with Crippen LogP contribution in [-0.2, 0) is 0 Å². The maximum Gasteiger partial charge on any atom is 0.191 e. The molecule has 2 rings (SSSR count). The van der Waals surface area contributed by atoms with Gasteiger partial charge in [0, 0.05) is 19.8 Å². The molecule has 0 bridgehead atoms. The smallest absolute Gasteiger partial charge is 0.191 e. The Bertz CT molecular complexity index is 461. The first kappa shape index (κ1) is 20.0. The van der Waals surface area contributed by atoms with Gasteiger partial charge in [0.1, 0.15) is 12.4 Å². The van der Waals surface area contributed by atoms with Crippen molar-refractivity contribution in [3.05, 3.63) is 24.5 Å². The van der Waals surface area contributed by atoms with Crippen molar-refractivity contribution in [1.29, 1.82) is 0 Å². The number of rotatable bonds is 7. The lowest BCUT2D eigenvalue weighted by Gasteiger charge is -2.28. The minimum Gasteiger partial charge on any atom is -0.490 e. The summed E-state index contributed by atoms with van der Waals surface area (Å²) in [6.45, 7) is 4.61. The van der Waals surface area contributed by atoms with E-state index in [1.54, 1.807) is 12.4 Å². The Morgan fingerprint density at radius 1 is 1.35 bits per heavy atom. The monoisotopic (exact) mass is 432 g/mol. The van der Waals surface area contributed by atoms with Gasteiger partial charge in [-0.05, 0) is 36.8 Å². The van der Waals surface area contributed by atoms with E-state index in [4.69, 9.17) is 4.74 Å². The molecular weight excluding hydrogens is 403 g/mol. The van der Waals surface area contributed by atoms with E-state index in [2.05, 4.69) is 27.5 Å². The van der Waals surface area contributed by atoms with Gasteiger partial charge in [-0.15, -0.1) is 24.0 Å². The summed E-state index contributed by atoms with van der Waals surface area (Å²) in [6.07, 6.45) is 10.1. The van der Waals surface area contributed by atoms with Crippen LogP contribution in [0.4, 0.5) is 0 Å². The lowest BCUT2D eigenvalue weighted by Crippen LogP contribution is -2.44. The first-order chi connectivity index (χ1) is 10.8. The third kappa shape index (κ3) is 6.53. The van der Waals surface area contributed by atoms with Gasteiger partial charge in [-0.1, -0.05) is 19.8 Å². The summed E-state index contributed by atoms with van der Waals surface area (Å²) in [5.41, 5.74) is 0.462. The van der Waals surface area contributed by atoms with E-state index in [0.29, 0.717) is 18.6 Å². The molecule has 2 N–H and O–H groups in total. The summed E-state index contributed by atoms with van der Waals surface area (Å²) in [5, 5.41) is 6.77. The summed E-state index contributed by atoms with van der Waals surface area (Å²) < 4.78 is 5.61. The number of hydrogen-bond acceptors (Lipinski definition) is 3. The number of nitrogens with zero attached hydrogens (tertiary/aromatic N) is 2. The fourth-order valence-corrected chi connectivity index (χ4v) is 3.04. The molecule has 0 amide bonds. The maximum absolute atomic E-state index is 5.61. The summed E-state index contributed by atoms with van der Waals surface area (Å²) in [7, 11) is 1.81. The van der Waals surface area contributed by atoms with Gasteiger partial charge in [0.25, 0.3) is 0 Å². The molecule has 0 radical (unpaired) electrons. The van der Waals surface area contributed by atoms with E-state index in [-0.39, 0.29) is 24.0 Å². The summed E-state index contributed by atoms with van der Waals surface area (Å²) >= 11 is 0. The molecule has 5 nitrogen and oxygen atoms in total. The van der Waals surface area contributed by atoms with Gasteiger partial charge >= 0.3 is 0 Å². The van der Waals surface area contributed by atoms with Crippen LogP contribution in [0.5, 0.6) is 5.75 Å². The topological polar surface area (TPSA) is 58.5 Å². The van der Waals surface area contributed by atoms with Crippen molar-refractivity contribution in [1.82, 2.24) is 15.6 Å². The fraction of sp³-hybridized carbons (Fsp3) is 0.647. The number of halogens is 1. The number of aromatic nitrogens is 1. The molecule has 0 spiro atoms. The SMILES string of the molecule is CCC1(CNC(=NC)NCCOc2cccnc2)CCCC1.I. The van der Waals surface area contributed by atoms with E-state index in [9.17, 15) is 0 Å². The van der Waals surface area contributed by atoms with Crippen molar-refractivity contribution >= 4 is 29.9 Å². The highest BCUT2D eigenvalue weighted by molar-refractivity contribution is 14.0. The Hall–Kier alpha value is -1.05. The second-order valence-corrected chi connectivity index (χ2v) is 5.95. The largest absolute Gasteiger partial charge is 0.490 e. The molecule has 0 aliphatic heterocycles. The predicted octanol–water partition coefficient (Wildman–Crippen LogP) is 3.21. The molecule has 6 heteroatoms. The van der Waals surface area contributed by atoms with E-state index < -0.39 is 0 Å². The van der Waals surface area contributed by atoms with Gasteiger partial charge in [-0.2, -0.15) is 0 Å². The van der Waals surface area contributed by atoms with Crippen LogP contribution >= 0.6 is 24.0 Å². The van der Waals surface area contributed by atoms with Gasteiger partial charge in [0.05, 0.1) is 12.7 Å². The average molecular weight is 432 g/mol. The third-order valence-electron chi connectivity index (χ3n) is 4.57. The highest BCUT2D eigenvalue weighted by atomic mass is 127. The Morgan fingerprint density at radius 3 is 2.74 bits per heavy atom. The number of pyridine rings is 1. The van der Waals surface area contributed by atoms with E-state index in [1.807, 2.05) is 19.2 Å². The van der Waals surface area contributed by atoms with Crippen molar-refractivity contribution in [3.63, 3.8) is 0 Å². The van der Waals surface area contributed by atoms with Crippen LogP contribution in [0.15, 0.2) is 29.5 Å². The van der Waals surface area contributed by atoms with Crippen molar-refractivity contribution in [3.8, 4) is 5.75 Å². The first-order valence-electron chi connectivity index (χ1n) is 8.25. The number of aliphatic imine (C=N–C) groups is 1. The van der Waals surface area contributed by atoms with Crippen LogP contribution in [0.25, 0.3) is 0 Å². The summed E-state index contributed by atoms with van der Waals surface area (Å²) in [5.74, 6) is 1.65. The predicted molar refractivity (Wildman–Crippen MR) is 106 cm³/mol. The number of nitrogens with one attached hydrogen (secondary N) is 2. The molecule has 130 valence electrons. The molecule has 1 aromatic heterocycles. The standard InChI is InChI=1S/C17H28N4O.HI/c1-3-17(8-4-5-9-17)14-21-16(18-2)20-11-12-22-15-7-6-10-19-13-15;/h6-7,10,13H,3-5,8-9,11-12,14H2,1-2H3,(H2,18,20,21);1H. The molecular formula is C17H29IN4O. The van der Waals surface area contributed by atoms with Gasteiger partial charge in [0.15, 0.2) is 5.96 Å². The molecule has 1 fully saturated rings. The first-order valence-corrected chi connectivity index (χ1v) is 8.25. The summed E-state index contributed by atoms with van der Waals surface area (Å²) in [4.78, 5) is 8.31. The molecule has 0 atom stereocenters. The zero-order valence-corrected chi connectivity index (χ0v) is 16.5. The minimum absolute atomic E-state index is 0. The molecule has 0 unspecified atom stereocenters. The lowest BCUT2D eigenvalue weighted by atomic mass is 9.83. The molecule has 1 aliphatic rings. The van der Waals surface area contributed by atoms with E-state index in [1.165, 1.54) is 32.1 Å². The number of hydrogen-bond donors (Lipinski definition) is 2. The highest BCUT2D eigenvalue weighted by Crippen LogP contribution is 2.40. The van der Waals surface area contributed by atoms with E-state index >= 15 is 0 Å². The van der Waals surface area contributed by atoms with Crippen molar-refractivity contribution in [2.24, 2.45) is 10.4 Å². The molecule has 1 heterocycles. The van der Waals surface area contributed by atoms with Crippen LogP contribution in [0.2, 0.25) is 0 Å². The average Bonchev–Trinajstić information content (AvgIpc) is 3.05. The lowest BCUT2D eigenvalue weighted by molar-refractivity contribution is 0.282. The van der Waals surface area contributed by atoms with Crippen molar-refractivity contribution in [2.45, 2.75) is 39.0 Å². The van der Waals surface area contributed by atoms with Gasteiger partial charge in [-0.25, -0.2) is 0 Å². The Kier molecular flexibility index (Phi) is 9.28. The minimum atomic E-state index is 0. The zero-order chi connectivity index (χ0) is 15.7. The van der Waals surface area contributed by atoms with Gasteiger partial charge < -0.3 is 15.4 Å². The quantitative estimate of drug-likeness (QED) is 0.301. The highest BCUT2D eigenvalue weighted by Gasteiger charge is 2.31. The molecule has 1 aliphatic carbocycles. The molecule has 1 saturated carbocycles.